The molecule has 11 heteroatoms. The number of benzene rings is 1. The van der Waals surface area contributed by atoms with E-state index in [0.29, 0.717) is 0 Å². The van der Waals surface area contributed by atoms with Crippen LogP contribution in [0.5, 0.6) is 5.75 Å². The predicted octanol–water partition coefficient (Wildman–Crippen LogP) is 3.62. The molecule has 0 saturated carbocycles. The molecule has 38 heavy (non-hydrogen) atoms. The van der Waals surface area contributed by atoms with Crippen molar-refractivity contribution in [2.24, 2.45) is 0 Å². The van der Waals surface area contributed by atoms with E-state index in [-0.39, 0.29) is 36.5 Å². The molecule has 1 N–H and O–H groups in total. The largest absolute Gasteiger partial charge is 0.490 e. The molecule has 0 spiro atoms. The number of halogens is 2. The monoisotopic (exact) mass is 578 g/mol. The van der Waals surface area contributed by atoms with E-state index in [2.05, 4.69) is 35.7 Å². The molecular formula is C27H36Cl2N6O2S. The zero-order valence-electron chi connectivity index (χ0n) is 21.5. The van der Waals surface area contributed by atoms with E-state index in [1.54, 1.807) is 0 Å². The summed E-state index contributed by atoms with van der Waals surface area (Å²) in [6, 6.07) is 8.03. The van der Waals surface area contributed by atoms with Crippen molar-refractivity contribution in [2.45, 2.75) is 31.1 Å². The van der Waals surface area contributed by atoms with Crippen LogP contribution in [0.2, 0.25) is 0 Å². The summed E-state index contributed by atoms with van der Waals surface area (Å²) >= 11 is 1.84. The van der Waals surface area contributed by atoms with E-state index in [1.165, 1.54) is 5.56 Å². The van der Waals surface area contributed by atoms with E-state index in [4.69, 9.17) is 4.74 Å². The third kappa shape index (κ3) is 6.57. The zero-order valence-corrected chi connectivity index (χ0v) is 24.0. The lowest BCUT2D eigenvalue weighted by Gasteiger charge is -2.37. The molecule has 2 saturated heterocycles. The number of nitrogens with one attached hydrogen (secondary N) is 1. The average molecular weight is 580 g/mol. The van der Waals surface area contributed by atoms with Crippen molar-refractivity contribution in [3.63, 3.8) is 0 Å². The second-order valence-electron chi connectivity index (χ2n) is 9.96. The number of likely N-dealkylation sites (tertiary alicyclic amines) is 1. The zero-order chi connectivity index (χ0) is 24.3. The molecule has 206 valence electrons. The summed E-state index contributed by atoms with van der Waals surface area (Å²) in [6.07, 6.45) is 6.95. The van der Waals surface area contributed by atoms with Crippen LogP contribution in [0.1, 0.15) is 24.0 Å². The van der Waals surface area contributed by atoms with Gasteiger partial charge in [-0.1, -0.05) is 0 Å². The summed E-state index contributed by atoms with van der Waals surface area (Å²) in [5.41, 5.74) is 3.15. The summed E-state index contributed by atoms with van der Waals surface area (Å²) in [4.78, 5) is 31.7. The lowest BCUT2D eigenvalue weighted by atomic mass is 10.0. The molecule has 0 amide bonds. The normalized spacial score (nSPS) is 18.9. The van der Waals surface area contributed by atoms with Crippen molar-refractivity contribution in [1.29, 1.82) is 0 Å². The topological polar surface area (TPSA) is 77.6 Å². The second kappa shape index (κ2) is 13.3. The number of anilines is 1. The number of H-pyrrole nitrogens is 1. The summed E-state index contributed by atoms with van der Waals surface area (Å²) in [7, 11) is 0. The molecule has 6 rings (SSSR count). The SMILES string of the molecule is Cl.Cl.O=c1[nH]c2ccc(OC3CCN(CCN4CCN(c5ncccn5)CC4)CC3)cc2c2c1CSCC2. The standard InChI is InChI=1S/C27H34N6O2S.2ClH/c34-26-24-19-36-17-6-22(24)23-18-21(2-3-25(23)30-26)35-20-4-9-31(10-5-20)11-12-32-13-15-33(16-14-32)27-28-7-1-8-29-27;;/h1-3,7-8,18,20H,4-6,9-17,19H2,(H,30,34);2*1H. The van der Waals surface area contributed by atoms with Crippen LogP contribution in [0, 0.1) is 0 Å². The Labute approximate surface area is 240 Å². The van der Waals surface area contributed by atoms with Gasteiger partial charge in [0.1, 0.15) is 11.9 Å². The van der Waals surface area contributed by atoms with Crippen LogP contribution < -0.4 is 15.2 Å². The number of aromatic amines is 1. The molecule has 0 aliphatic carbocycles. The minimum absolute atomic E-state index is 0. The fourth-order valence-electron chi connectivity index (χ4n) is 5.59. The molecule has 0 atom stereocenters. The van der Waals surface area contributed by atoms with E-state index in [9.17, 15) is 4.79 Å². The number of fused-ring (bicyclic) bond motifs is 3. The number of hydrogen-bond donors (Lipinski definition) is 1. The molecule has 0 bridgehead atoms. The number of thioether (sulfide) groups is 1. The molecule has 3 aliphatic heterocycles. The number of pyridine rings is 1. The van der Waals surface area contributed by atoms with E-state index in [1.807, 2.05) is 42.4 Å². The predicted molar refractivity (Wildman–Crippen MR) is 160 cm³/mol. The van der Waals surface area contributed by atoms with Crippen LogP contribution in [-0.2, 0) is 12.2 Å². The van der Waals surface area contributed by atoms with Crippen molar-refractivity contribution in [2.75, 3.05) is 63.0 Å². The molecule has 3 aromatic rings. The number of aromatic nitrogens is 3. The molecule has 0 radical (unpaired) electrons. The van der Waals surface area contributed by atoms with Gasteiger partial charge >= 0.3 is 0 Å². The first-order chi connectivity index (χ1) is 17.7. The Morgan fingerprint density at radius 2 is 1.66 bits per heavy atom. The Morgan fingerprint density at radius 3 is 2.39 bits per heavy atom. The van der Waals surface area contributed by atoms with Crippen molar-refractivity contribution >= 4 is 53.4 Å². The van der Waals surface area contributed by atoms with Crippen LogP contribution >= 0.6 is 36.6 Å². The van der Waals surface area contributed by atoms with Crippen LogP contribution in [-0.4, -0.2) is 89.0 Å². The van der Waals surface area contributed by atoms with Gasteiger partial charge in [-0.3, -0.25) is 9.69 Å². The summed E-state index contributed by atoms with van der Waals surface area (Å²) < 4.78 is 6.43. The van der Waals surface area contributed by atoms with Gasteiger partial charge in [0.15, 0.2) is 0 Å². The molecule has 5 heterocycles. The third-order valence-electron chi connectivity index (χ3n) is 7.72. The average Bonchev–Trinajstić information content (AvgIpc) is 2.94. The van der Waals surface area contributed by atoms with Gasteiger partial charge in [0, 0.05) is 87.0 Å². The minimum atomic E-state index is 0. The Hall–Kier alpha value is -2.04. The lowest BCUT2D eigenvalue weighted by molar-refractivity contribution is 0.0922. The first-order valence-corrected chi connectivity index (χ1v) is 14.3. The van der Waals surface area contributed by atoms with Crippen molar-refractivity contribution in [3.05, 3.63) is 58.1 Å². The highest BCUT2D eigenvalue weighted by molar-refractivity contribution is 7.98. The molecule has 2 fully saturated rings. The first kappa shape index (κ1) is 29.0. The van der Waals surface area contributed by atoms with Crippen molar-refractivity contribution in [3.8, 4) is 5.75 Å². The highest BCUT2D eigenvalue weighted by Gasteiger charge is 2.23. The number of nitrogens with zero attached hydrogens (tertiary/aromatic N) is 5. The maximum absolute atomic E-state index is 12.4. The Balaban J connectivity index is 0.00000168. The van der Waals surface area contributed by atoms with Crippen LogP contribution in [0.3, 0.4) is 0 Å². The smallest absolute Gasteiger partial charge is 0.252 e. The van der Waals surface area contributed by atoms with Crippen molar-refractivity contribution in [1.82, 2.24) is 24.8 Å². The van der Waals surface area contributed by atoms with Gasteiger partial charge in [-0.05, 0) is 54.8 Å². The van der Waals surface area contributed by atoms with Crippen LogP contribution in [0.15, 0.2) is 41.5 Å². The van der Waals surface area contributed by atoms with Gasteiger partial charge in [-0.2, -0.15) is 11.8 Å². The third-order valence-corrected chi connectivity index (χ3v) is 8.71. The lowest BCUT2D eigenvalue weighted by Crippen LogP contribution is -2.49. The van der Waals surface area contributed by atoms with Gasteiger partial charge in [-0.25, -0.2) is 9.97 Å². The maximum Gasteiger partial charge on any atom is 0.252 e. The second-order valence-corrected chi connectivity index (χ2v) is 11.1. The highest BCUT2D eigenvalue weighted by atomic mass is 35.5. The Kier molecular flexibility index (Phi) is 10.2. The summed E-state index contributed by atoms with van der Waals surface area (Å²) in [5, 5.41) is 1.15. The molecule has 2 aromatic heterocycles. The number of ether oxygens (including phenoxy) is 1. The highest BCUT2D eigenvalue weighted by Crippen LogP contribution is 2.30. The van der Waals surface area contributed by atoms with Gasteiger partial charge < -0.3 is 19.5 Å². The van der Waals surface area contributed by atoms with Gasteiger partial charge in [0.25, 0.3) is 5.56 Å². The molecule has 3 aliphatic rings. The van der Waals surface area contributed by atoms with E-state index >= 15 is 0 Å². The maximum atomic E-state index is 12.4. The summed E-state index contributed by atoms with van der Waals surface area (Å²) in [5.74, 6) is 3.65. The molecule has 1 aromatic carbocycles. The number of piperidine rings is 1. The van der Waals surface area contributed by atoms with Gasteiger partial charge in [0.05, 0.1) is 0 Å². The quantitative estimate of drug-likeness (QED) is 0.475. The number of piperazine rings is 1. The first-order valence-electron chi connectivity index (χ1n) is 13.1. The van der Waals surface area contributed by atoms with Gasteiger partial charge in [0.2, 0.25) is 5.95 Å². The Bertz CT molecular complexity index is 1250. The number of aryl methyl sites for hydroxylation is 1. The molecule has 8 nitrogen and oxygen atoms in total. The Morgan fingerprint density at radius 1 is 0.947 bits per heavy atom. The number of hydrogen-bond acceptors (Lipinski definition) is 8. The number of rotatable bonds is 6. The van der Waals surface area contributed by atoms with E-state index in [0.717, 1.165) is 111 Å². The van der Waals surface area contributed by atoms with Crippen molar-refractivity contribution < 1.29 is 4.74 Å². The fourth-order valence-corrected chi connectivity index (χ4v) is 6.59. The van der Waals surface area contributed by atoms with Gasteiger partial charge in [-0.15, -0.1) is 24.8 Å². The summed E-state index contributed by atoms with van der Waals surface area (Å²) in [6.45, 7) is 8.49. The molecule has 0 unspecified atom stereocenters. The van der Waals surface area contributed by atoms with E-state index < -0.39 is 0 Å². The fraction of sp³-hybridized carbons (Fsp3) is 0.519. The molecular weight excluding hydrogens is 543 g/mol. The minimum Gasteiger partial charge on any atom is -0.490 e. The van der Waals surface area contributed by atoms with Crippen LogP contribution in [0.25, 0.3) is 10.9 Å². The van der Waals surface area contributed by atoms with Crippen LogP contribution in [0.4, 0.5) is 5.95 Å².